The van der Waals surface area contributed by atoms with Gasteiger partial charge in [0.15, 0.2) is 0 Å². The third-order valence-corrected chi connectivity index (χ3v) is 5.39. The fraction of sp³-hybridized carbons (Fsp3) is 0.222. The first-order chi connectivity index (χ1) is 10.2. The summed E-state index contributed by atoms with van der Waals surface area (Å²) in [4.78, 5) is 2.46. The molecule has 0 saturated heterocycles. The Labute approximate surface area is 128 Å². The summed E-state index contributed by atoms with van der Waals surface area (Å²) in [5, 5.41) is 3.68. The number of hydrogen-bond acceptors (Lipinski definition) is 3. The molecule has 1 aliphatic rings. The van der Waals surface area contributed by atoms with E-state index in [4.69, 9.17) is 5.73 Å². The highest BCUT2D eigenvalue weighted by atomic mass is 32.1. The number of fused-ring (bicyclic) bond motifs is 2. The van der Waals surface area contributed by atoms with Crippen LogP contribution in [0.4, 0.5) is 11.4 Å². The molecule has 0 fully saturated rings. The lowest BCUT2D eigenvalue weighted by Crippen LogP contribution is -2.19. The van der Waals surface area contributed by atoms with Gasteiger partial charge in [0.2, 0.25) is 0 Å². The van der Waals surface area contributed by atoms with Crippen molar-refractivity contribution >= 4 is 32.8 Å². The molecule has 0 amide bonds. The Hall–Kier alpha value is -2.00. The molecule has 0 saturated carbocycles. The average molecular weight is 294 g/mol. The highest BCUT2D eigenvalue weighted by Gasteiger charge is 2.21. The molecule has 2 N–H and O–H groups in total. The van der Waals surface area contributed by atoms with Crippen molar-refractivity contribution in [3.05, 3.63) is 58.5 Å². The van der Waals surface area contributed by atoms with Gasteiger partial charge in [-0.15, -0.1) is 11.3 Å². The Morgan fingerprint density at radius 3 is 3.00 bits per heavy atom. The quantitative estimate of drug-likeness (QED) is 0.712. The smallest absolute Gasteiger partial charge is 0.0444 e. The van der Waals surface area contributed by atoms with Crippen LogP contribution in [0.3, 0.4) is 0 Å². The molecule has 21 heavy (non-hydrogen) atoms. The van der Waals surface area contributed by atoms with Gasteiger partial charge in [-0.3, -0.25) is 0 Å². The Morgan fingerprint density at radius 2 is 2.10 bits per heavy atom. The van der Waals surface area contributed by atoms with Gasteiger partial charge < -0.3 is 10.6 Å². The summed E-state index contributed by atoms with van der Waals surface area (Å²) in [6.07, 6.45) is 1.12. The van der Waals surface area contributed by atoms with Crippen LogP contribution in [0.5, 0.6) is 0 Å². The van der Waals surface area contributed by atoms with E-state index in [-0.39, 0.29) is 0 Å². The standard InChI is InChI=1S/C18H18N2S/c1-12-8-13-6-7-20(17(13)9-16(12)19)10-14-11-21-18-5-3-2-4-15(14)18/h2-5,8-9,11H,6-7,10,19H2,1H3. The number of aryl methyl sites for hydroxylation is 1. The van der Waals surface area contributed by atoms with E-state index in [1.807, 2.05) is 11.3 Å². The second-order valence-electron chi connectivity index (χ2n) is 5.77. The van der Waals surface area contributed by atoms with Gasteiger partial charge in [0.05, 0.1) is 0 Å². The topological polar surface area (TPSA) is 29.3 Å². The Kier molecular flexibility index (Phi) is 2.89. The lowest BCUT2D eigenvalue weighted by Gasteiger charge is -2.20. The van der Waals surface area contributed by atoms with E-state index < -0.39 is 0 Å². The second kappa shape index (κ2) is 4.78. The molecule has 0 atom stereocenters. The molecular weight excluding hydrogens is 276 g/mol. The van der Waals surface area contributed by atoms with E-state index in [1.54, 1.807) is 0 Å². The van der Waals surface area contributed by atoms with Crippen molar-refractivity contribution in [3.63, 3.8) is 0 Å². The van der Waals surface area contributed by atoms with E-state index in [1.165, 1.54) is 32.5 Å². The van der Waals surface area contributed by atoms with Gasteiger partial charge in [0.25, 0.3) is 0 Å². The molecule has 0 spiro atoms. The molecule has 2 nitrogen and oxygen atoms in total. The zero-order chi connectivity index (χ0) is 14.4. The molecule has 1 aromatic heterocycles. The van der Waals surface area contributed by atoms with Crippen LogP contribution in [0.25, 0.3) is 10.1 Å². The molecule has 0 aliphatic carbocycles. The minimum absolute atomic E-state index is 0.899. The minimum Gasteiger partial charge on any atom is -0.398 e. The van der Waals surface area contributed by atoms with Gasteiger partial charge in [-0.05, 0) is 52.9 Å². The molecule has 106 valence electrons. The van der Waals surface area contributed by atoms with E-state index in [0.717, 1.165) is 25.2 Å². The maximum Gasteiger partial charge on any atom is 0.0444 e. The van der Waals surface area contributed by atoms with Crippen molar-refractivity contribution in [2.75, 3.05) is 17.2 Å². The summed E-state index contributed by atoms with van der Waals surface area (Å²) >= 11 is 1.83. The fourth-order valence-corrected chi connectivity index (χ4v) is 4.12. The highest BCUT2D eigenvalue weighted by molar-refractivity contribution is 7.17. The number of nitrogens with zero attached hydrogens (tertiary/aromatic N) is 1. The van der Waals surface area contributed by atoms with Crippen molar-refractivity contribution in [1.82, 2.24) is 0 Å². The number of benzene rings is 2. The van der Waals surface area contributed by atoms with Crippen molar-refractivity contribution in [1.29, 1.82) is 0 Å². The van der Waals surface area contributed by atoms with Gasteiger partial charge in [-0.25, -0.2) is 0 Å². The normalized spacial score (nSPS) is 13.9. The zero-order valence-electron chi connectivity index (χ0n) is 12.1. The largest absolute Gasteiger partial charge is 0.398 e. The Bertz CT molecular complexity index is 819. The number of thiophene rings is 1. The lowest BCUT2D eigenvalue weighted by molar-refractivity contribution is 0.842. The monoisotopic (exact) mass is 294 g/mol. The molecule has 3 heteroatoms. The molecule has 2 heterocycles. The van der Waals surface area contributed by atoms with E-state index in [9.17, 15) is 0 Å². The molecular formula is C18H18N2S. The molecule has 2 aromatic carbocycles. The summed E-state index contributed by atoms with van der Waals surface area (Å²) in [6.45, 7) is 4.15. The SMILES string of the molecule is Cc1cc2c(cc1N)N(Cc1csc3ccccc13)CC2. The van der Waals surface area contributed by atoms with Crippen molar-refractivity contribution in [3.8, 4) is 0 Å². The minimum atomic E-state index is 0.899. The summed E-state index contributed by atoms with van der Waals surface area (Å²) < 4.78 is 1.37. The van der Waals surface area contributed by atoms with E-state index >= 15 is 0 Å². The second-order valence-corrected chi connectivity index (χ2v) is 6.68. The first-order valence-electron chi connectivity index (χ1n) is 7.31. The summed E-state index contributed by atoms with van der Waals surface area (Å²) in [6, 6.07) is 13.0. The molecule has 0 bridgehead atoms. The van der Waals surface area contributed by atoms with Crippen LogP contribution in [0.2, 0.25) is 0 Å². The highest BCUT2D eigenvalue weighted by Crippen LogP contribution is 2.35. The van der Waals surface area contributed by atoms with Gasteiger partial charge in [-0.2, -0.15) is 0 Å². The summed E-state index contributed by atoms with van der Waals surface area (Å²) in [7, 11) is 0. The third-order valence-electron chi connectivity index (χ3n) is 4.38. The van der Waals surface area contributed by atoms with Crippen molar-refractivity contribution < 1.29 is 0 Å². The Morgan fingerprint density at radius 1 is 1.24 bits per heavy atom. The van der Waals surface area contributed by atoms with Crippen LogP contribution in [0.15, 0.2) is 41.8 Å². The fourth-order valence-electron chi connectivity index (χ4n) is 3.17. The van der Waals surface area contributed by atoms with Gasteiger partial charge in [0, 0.05) is 29.2 Å². The van der Waals surface area contributed by atoms with Gasteiger partial charge in [0.1, 0.15) is 0 Å². The lowest BCUT2D eigenvalue weighted by atomic mass is 10.1. The van der Waals surface area contributed by atoms with Crippen LogP contribution >= 0.6 is 11.3 Å². The zero-order valence-corrected chi connectivity index (χ0v) is 12.9. The predicted molar refractivity (Wildman–Crippen MR) is 92.2 cm³/mol. The van der Waals surface area contributed by atoms with E-state index in [2.05, 4.69) is 53.6 Å². The van der Waals surface area contributed by atoms with Crippen LogP contribution in [-0.2, 0) is 13.0 Å². The van der Waals surface area contributed by atoms with Crippen LogP contribution in [0, 0.1) is 6.92 Å². The van der Waals surface area contributed by atoms with Gasteiger partial charge in [-0.1, -0.05) is 24.3 Å². The average Bonchev–Trinajstić information content (AvgIpc) is 3.06. The van der Waals surface area contributed by atoms with Crippen LogP contribution < -0.4 is 10.6 Å². The van der Waals surface area contributed by atoms with Crippen molar-refractivity contribution in [2.24, 2.45) is 0 Å². The number of nitrogens with two attached hydrogens (primary N) is 1. The molecule has 0 unspecified atom stereocenters. The maximum atomic E-state index is 6.09. The summed E-state index contributed by atoms with van der Waals surface area (Å²) in [5.74, 6) is 0. The van der Waals surface area contributed by atoms with Crippen LogP contribution in [-0.4, -0.2) is 6.54 Å². The first kappa shape index (κ1) is 12.7. The number of anilines is 2. The molecule has 0 radical (unpaired) electrons. The molecule has 1 aliphatic heterocycles. The number of rotatable bonds is 2. The predicted octanol–water partition coefficient (Wildman–Crippen LogP) is 4.35. The van der Waals surface area contributed by atoms with E-state index in [0.29, 0.717) is 0 Å². The Balaban J connectivity index is 1.70. The number of hydrogen-bond donors (Lipinski definition) is 1. The number of nitrogen functional groups attached to an aromatic ring is 1. The van der Waals surface area contributed by atoms with Gasteiger partial charge >= 0.3 is 0 Å². The maximum absolute atomic E-state index is 6.09. The van der Waals surface area contributed by atoms with Crippen molar-refractivity contribution in [2.45, 2.75) is 19.9 Å². The first-order valence-corrected chi connectivity index (χ1v) is 8.19. The molecule has 3 aromatic rings. The molecule has 4 rings (SSSR count). The van der Waals surface area contributed by atoms with Crippen LogP contribution in [0.1, 0.15) is 16.7 Å². The summed E-state index contributed by atoms with van der Waals surface area (Å²) in [5.41, 5.74) is 12.3. The third kappa shape index (κ3) is 2.09.